The topological polar surface area (TPSA) is 37.3 Å². The van der Waals surface area contributed by atoms with E-state index in [9.17, 15) is 9.90 Å². The second-order valence-electron chi connectivity index (χ2n) is 4.43. The molecule has 98 valence electrons. The van der Waals surface area contributed by atoms with Gasteiger partial charge < -0.3 is 5.11 Å². The highest BCUT2D eigenvalue weighted by Gasteiger charge is 2.19. The molecule has 0 aliphatic carbocycles. The molecule has 0 saturated heterocycles. The molecule has 1 unspecified atom stereocenters. The zero-order valence-electron chi connectivity index (χ0n) is 10.7. The van der Waals surface area contributed by atoms with Crippen LogP contribution < -0.4 is 0 Å². The normalized spacial score (nSPS) is 12.1. The molecule has 2 rings (SSSR count). The fraction of sp³-hybridized carbons (Fsp3) is 0.188. The summed E-state index contributed by atoms with van der Waals surface area (Å²) in [6.45, 7) is 2.04. The molecule has 0 aliphatic heterocycles. The largest absolute Gasteiger partial charge is 0.481 e. The van der Waals surface area contributed by atoms with Crippen molar-refractivity contribution in [1.29, 1.82) is 0 Å². The summed E-state index contributed by atoms with van der Waals surface area (Å²) >= 11 is 1.58. The smallest absolute Gasteiger partial charge is 0.311 e. The summed E-state index contributed by atoms with van der Waals surface area (Å²) in [5, 5.41) is 9.34. The molecule has 0 bridgehead atoms. The number of hydrogen-bond acceptors (Lipinski definition) is 2. The summed E-state index contributed by atoms with van der Waals surface area (Å²) in [5.41, 5.74) is 2.07. The second kappa shape index (κ2) is 6.43. The fourth-order valence-corrected chi connectivity index (χ4v) is 2.83. The molecule has 0 amide bonds. The van der Waals surface area contributed by atoms with Gasteiger partial charge in [0.2, 0.25) is 0 Å². The average molecular weight is 272 g/mol. The minimum absolute atomic E-state index is 0.465. The van der Waals surface area contributed by atoms with Crippen LogP contribution in [0, 0.1) is 6.92 Å². The number of carboxylic acid groups (broad SMARTS) is 1. The van der Waals surface area contributed by atoms with Gasteiger partial charge in [-0.25, -0.2) is 0 Å². The third-order valence-electron chi connectivity index (χ3n) is 2.94. The van der Waals surface area contributed by atoms with Gasteiger partial charge in [-0.3, -0.25) is 4.79 Å². The third-order valence-corrected chi connectivity index (χ3v) is 4.04. The number of hydrogen-bond donors (Lipinski definition) is 1. The average Bonchev–Trinajstić information content (AvgIpc) is 2.42. The Labute approximate surface area is 117 Å². The van der Waals surface area contributed by atoms with E-state index in [1.807, 2.05) is 61.5 Å². The Kier molecular flexibility index (Phi) is 4.63. The first-order chi connectivity index (χ1) is 9.16. The Morgan fingerprint density at radius 3 is 2.32 bits per heavy atom. The molecule has 1 N–H and O–H groups in total. The maximum Gasteiger partial charge on any atom is 0.311 e. The Bertz CT molecular complexity index is 534. The molecular formula is C16H16O2S. The van der Waals surface area contributed by atoms with E-state index in [0.29, 0.717) is 5.75 Å². The van der Waals surface area contributed by atoms with Crippen molar-refractivity contribution in [1.82, 2.24) is 0 Å². The Morgan fingerprint density at radius 1 is 1.11 bits per heavy atom. The highest BCUT2D eigenvalue weighted by Crippen LogP contribution is 2.26. The van der Waals surface area contributed by atoms with Crippen LogP contribution in [0.3, 0.4) is 0 Å². The van der Waals surface area contributed by atoms with Gasteiger partial charge in [-0.1, -0.05) is 48.0 Å². The van der Waals surface area contributed by atoms with Gasteiger partial charge in [0, 0.05) is 10.6 Å². The fourth-order valence-electron chi connectivity index (χ4n) is 1.81. The van der Waals surface area contributed by atoms with Gasteiger partial charge in [0.15, 0.2) is 0 Å². The van der Waals surface area contributed by atoms with Gasteiger partial charge in [-0.2, -0.15) is 0 Å². The lowest BCUT2D eigenvalue weighted by molar-refractivity contribution is -0.138. The van der Waals surface area contributed by atoms with Gasteiger partial charge in [0.05, 0.1) is 5.92 Å². The van der Waals surface area contributed by atoms with Crippen LogP contribution in [-0.4, -0.2) is 16.8 Å². The van der Waals surface area contributed by atoms with E-state index in [1.54, 1.807) is 11.8 Å². The molecule has 19 heavy (non-hydrogen) atoms. The predicted molar refractivity (Wildman–Crippen MR) is 78.7 cm³/mol. The number of rotatable bonds is 5. The molecular weight excluding hydrogens is 256 g/mol. The van der Waals surface area contributed by atoms with Crippen molar-refractivity contribution >= 4 is 17.7 Å². The van der Waals surface area contributed by atoms with Gasteiger partial charge in [0.25, 0.3) is 0 Å². The van der Waals surface area contributed by atoms with Crippen LogP contribution >= 0.6 is 11.8 Å². The van der Waals surface area contributed by atoms with E-state index in [2.05, 4.69) is 0 Å². The zero-order chi connectivity index (χ0) is 13.7. The summed E-state index contributed by atoms with van der Waals surface area (Å²) in [7, 11) is 0. The molecule has 3 heteroatoms. The molecule has 0 aliphatic rings. The highest BCUT2D eigenvalue weighted by atomic mass is 32.2. The maximum absolute atomic E-state index is 11.4. The third kappa shape index (κ3) is 3.86. The number of carboxylic acids is 1. The van der Waals surface area contributed by atoms with Crippen molar-refractivity contribution in [2.45, 2.75) is 17.7 Å². The molecule has 2 aromatic carbocycles. The van der Waals surface area contributed by atoms with E-state index in [1.165, 1.54) is 5.56 Å². The maximum atomic E-state index is 11.4. The summed E-state index contributed by atoms with van der Waals surface area (Å²) in [6, 6.07) is 17.5. The lowest BCUT2D eigenvalue weighted by Crippen LogP contribution is -2.13. The Hall–Kier alpha value is -1.74. The van der Waals surface area contributed by atoms with Gasteiger partial charge in [0.1, 0.15) is 0 Å². The van der Waals surface area contributed by atoms with E-state index in [4.69, 9.17) is 0 Å². The van der Waals surface area contributed by atoms with Gasteiger partial charge >= 0.3 is 5.97 Å². The second-order valence-corrected chi connectivity index (χ2v) is 5.52. The standard InChI is InChI=1S/C16H16O2S/c1-12-7-9-14(10-8-12)19-11-15(16(17)18)13-5-3-2-4-6-13/h2-10,15H,11H2,1H3,(H,17,18). The lowest BCUT2D eigenvalue weighted by atomic mass is 10.0. The monoisotopic (exact) mass is 272 g/mol. The molecule has 0 spiro atoms. The Morgan fingerprint density at radius 2 is 1.74 bits per heavy atom. The minimum Gasteiger partial charge on any atom is -0.481 e. The van der Waals surface area contributed by atoms with Gasteiger partial charge in [-0.15, -0.1) is 11.8 Å². The first-order valence-electron chi connectivity index (χ1n) is 6.14. The van der Waals surface area contributed by atoms with Crippen molar-refractivity contribution in [2.24, 2.45) is 0 Å². The van der Waals surface area contributed by atoms with Crippen LogP contribution in [0.15, 0.2) is 59.5 Å². The van der Waals surface area contributed by atoms with Crippen LogP contribution in [0.25, 0.3) is 0 Å². The number of thioether (sulfide) groups is 1. The van der Waals surface area contributed by atoms with Crippen LogP contribution in [0.5, 0.6) is 0 Å². The van der Waals surface area contributed by atoms with Crippen LogP contribution in [0.4, 0.5) is 0 Å². The van der Waals surface area contributed by atoms with Crippen molar-refractivity contribution in [2.75, 3.05) is 5.75 Å². The van der Waals surface area contributed by atoms with E-state index in [0.717, 1.165) is 10.5 Å². The number of carbonyl (C=O) groups is 1. The highest BCUT2D eigenvalue weighted by molar-refractivity contribution is 7.99. The summed E-state index contributed by atoms with van der Waals surface area (Å²) in [5.74, 6) is -0.694. The number of benzene rings is 2. The quantitative estimate of drug-likeness (QED) is 0.837. The van der Waals surface area contributed by atoms with Crippen molar-refractivity contribution in [3.63, 3.8) is 0 Å². The van der Waals surface area contributed by atoms with E-state index >= 15 is 0 Å². The molecule has 2 nitrogen and oxygen atoms in total. The lowest BCUT2D eigenvalue weighted by Gasteiger charge is -2.12. The zero-order valence-corrected chi connectivity index (χ0v) is 11.6. The summed E-state index contributed by atoms with van der Waals surface area (Å²) < 4.78 is 0. The van der Waals surface area contributed by atoms with Crippen molar-refractivity contribution in [3.8, 4) is 0 Å². The first kappa shape index (κ1) is 13.7. The number of aliphatic carboxylic acids is 1. The first-order valence-corrected chi connectivity index (χ1v) is 7.12. The molecule has 0 aromatic heterocycles. The molecule has 0 fully saturated rings. The SMILES string of the molecule is Cc1ccc(SCC(C(=O)O)c2ccccc2)cc1. The molecule has 0 radical (unpaired) electrons. The van der Waals surface area contributed by atoms with E-state index < -0.39 is 11.9 Å². The van der Waals surface area contributed by atoms with Crippen LogP contribution in [0.1, 0.15) is 17.0 Å². The molecule has 0 heterocycles. The molecule has 0 saturated carbocycles. The molecule has 1 atom stereocenters. The minimum atomic E-state index is -0.772. The van der Waals surface area contributed by atoms with Crippen molar-refractivity contribution < 1.29 is 9.90 Å². The van der Waals surface area contributed by atoms with Crippen LogP contribution in [-0.2, 0) is 4.79 Å². The predicted octanol–water partition coefficient (Wildman–Crippen LogP) is 3.96. The van der Waals surface area contributed by atoms with Gasteiger partial charge in [-0.05, 0) is 24.6 Å². The summed E-state index contributed by atoms with van der Waals surface area (Å²) in [4.78, 5) is 12.5. The summed E-state index contributed by atoms with van der Waals surface area (Å²) in [6.07, 6.45) is 0. The molecule has 2 aromatic rings. The van der Waals surface area contributed by atoms with Crippen molar-refractivity contribution in [3.05, 3.63) is 65.7 Å². The number of aryl methyl sites for hydroxylation is 1. The van der Waals surface area contributed by atoms with Crippen LogP contribution in [0.2, 0.25) is 0 Å². The van der Waals surface area contributed by atoms with E-state index in [-0.39, 0.29) is 0 Å². The Balaban J connectivity index is 2.06.